The fourth-order valence-corrected chi connectivity index (χ4v) is 2.18. The number of unbranched alkanes of at least 4 members (excludes halogenated alkanes) is 1. The fraction of sp³-hybridized carbons (Fsp3) is 0.400. The van der Waals surface area contributed by atoms with E-state index >= 15 is 0 Å². The molecular weight excluding hydrogens is 254 g/mol. The Bertz CT molecular complexity index is 613. The lowest BCUT2D eigenvalue weighted by atomic mass is 10.1. The van der Waals surface area contributed by atoms with Gasteiger partial charge in [-0.1, -0.05) is 38.0 Å². The third kappa shape index (κ3) is 3.04. The molecule has 0 fully saturated rings. The topological polar surface area (TPSA) is 75.1 Å². The number of benzene rings is 1. The highest BCUT2D eigenvalue weighted by atomic mass is 16.4. The molecule has 106 valence electrons. The molecule has 1 unspecified atom stereocenters. The number of hydrogen-bond acceptors (Lipinski definition) is 4. The predicted octanol–water partition coefficient (Wildman–Crippen LogP) is 3.32. The number of carboxylic acid groups (broad SMARTS) is 1. The summed E-state index contributed by atoms with van der Waals surface area (Å²) in [5.74, 6) is -1.06. The Labute approximate surface area is 118 Å². The molecule has 0 saturated heterocycles. The van der Waals surface area contributed by atoms with Crippen LogP contribution in [0.15, 0.2) is 24.3 Å². The smallest absolute Gasteiger partial charge is 0.358 e. The number of aromatic carboxylic acids is 1. The molecule has 2 aromatic rings. The van der Waals surface area contributed by atoms with E-state index in [4.69, 9.17) is 0 Å². The summed E-state index contributed by atoms with van der Waals surface area (Å²) in [7, 11) is 0. The van der Waals surface area contributed by atoms with Gasteiger partial charge in [-0.25, -0.2) is 4.79 Å². The first-order valence-electron chi connectivity index (χ1n) is 6.88. The van der Waals surface area contributed by atoms with Gasteiger partial charge >= 0.3 is 5.97 Å². The Balaban J connectivity index is 2.41. The summed E-state index contributed by atoms with van der Waals surface area (Å²) in [6.07, 6.45) is 3.21. The standard InChI is InChI=1S/C15H19N3O2/c1-3-4-7-10(2)16-13-11-8-5-6-9-12(11)17-18-14(13)15(19)20/h5-6,8-10H,3-4,7H2,1-2H3,(H,16,17)(H,19,20). The maximum Gasteiger partial charge on any atom is 0.358 e. The van der Waals surface area contributed by atoms with Crippen LogP contribution in [-0.2, 0) is 0 Å². The van der Waals surface area contributed by atoms with E-state index in [0.717, 1.165) is 24.6 Å². The van der Waals surface area contributed by atoms with Gasteiger partial charge in [0.15, 0.2) is 5.69 Å². The minimum atomic E-state index is -1.06. The first kappa shape index (κ1) is 14.2. The van der Waals surface area contributed by atoms with Gasteiger partial charge in [0.05, 0.1) is 11.2 Å². The predicted molar refractivity (Wildman–Crippen MR) is 79.1 cm³/mol. The molecule has 1 atom stereocenters. The highest BCUT2D eigenvalue weighted by molar-refractivity contribution is 6.02. The van der Waals surface area contributed by atoms with Crippen molar-refractivity contribution in [2.24, 2.45) is 0 Å². The number of nitrogens with one attached hydrogen (secondary N) is 1. The summed E-state index contributed by atoms with van der Waals surface area (Å²) in [6, 6.07) is 7.63. The van der Waals surface area contributed by atoms with E-state index in [1.807, 2.05) is 24.3 Å². The molecule has 0 aliphatic rings. The van der Waals surface area contributed by atoms with E-state index in [9.17, 15) is 9.90 Å². The number of aromatic nitrogens is 2. The zero-order chi connectivity index (χ0) is 14.5. The van der Waals surface area contributed by atoms with Gasteiger partial charge in [-0.3, -0.25) is 0 Å². The number of carbonyl (C=O) groups is 1. The van der Waals surface area contributed by atoms with Crippen molar-refractivity contribution < 1.29 is 9.90 Å². The van der Waals surface area contributed by atoms with Crippen molar-refractivity contribution in [2.75, 3.05) is 5.32 Å². The second kappa shape index (κ2) is 6.32. The van der Waals surface area contributed by atoms with Crippen molar-refractivity contribution in [3.05, 3.63) is 30.0 Å². The fourth-order valence-electron chi connectivity index (χ4n) is 2.18. The number of rotatable bonds is 6. The largest absolute Gasteiger partial charge is 0.476 e. The number of fused-ring (bicyclic) bond motifs is 1. The molecule has 0 bridgehead atoms. The van der Waals surface area contributed by atoms with Gasteiger partial charge in [0.2, 0.25) is 0 Å². The lowest BCUT2D eigenvalue weighted by Gasteiger charge is -2.17. The van der Waals surface area contributed by atoms with Crippen LogP contribution >= 0.6 is 0 Å². The van der Waals surface area contributed by atoms with Crippen molar-refractivity contribution in [3.8, 4) is 0 Å². The Morgan fingerprint density at radius 2 is 2.10 bits per heavy atom. The number of hydrogen-bond donors (Lipinski definition) is 2. The Morgan fingerprint density at radius 3 is 2.80 bits per heavy atom. The van der Waals surface area contributed by atoms with Gasteiger partial charge < -0.3 is 10.4 Å². The maximum atomic E-state index is 11.3. The van der Waals surface area contributed by atoms with Gasteiger partial charge in [0, 0.05) is 11.4 Å². The molecular formula is C15H19N3O2. The SMILES string of the molecule is CCCCC(C)Nc1c(C(=O)O)nnc2ccccc12. The highest BCUT2D eigenvalue weighted by Crippen LogP contribution is 2.25. The van der Waals surface area contributed by atoms with Crippen molar-refractivity contribution in [3.63, 3.8) is 0 Å². The van der Waals surface area contributed by atoms with E-state index in [0.29, 0.717) is 11.2 Å². The number of nitrogens with zero attached hydrogens (tertiary/aromatic N) is 2. The third-order valence-electron chi connectivity index (χ3n) is 3.25. The first-order valence-corrected chi connectivity index (χ1v) is 6.88. The molecule has 0 aliphatic heterocycles. The lowest BCUT2D eigenvalue weighted by molar-refractivity contribution is 0.0690. The minimum Gasteiger partial charge on any atom is -0.476 e. The van der Waals surface area contributed by atoms with Crippen LogP contribution < -0.4 is 5.32 Å². The molecule has 5 nitrogen and oxygen atoms in total. The van der Waals surface area contributed by atoms with E-state index in [1.165, 1.54) is 0 Å². The minimum absolute atomic E-state index is 0.0213. The van der Waals surface area contributed by atoms with Crippen molar-refractivity contribution >= 4 is 22.6 Å². The summed E-state index contributed by atoms with van der Waals surface area (Å²) in [6.45, 7) is 4.19. The van der Waals surface area contributed by atoms with Crippen LogP contribution in [0.4, 0.5) is 5.69 Å². The quantitative estimate of drug-likeness (QED) is 0.844. The normalized spacial score (nSPS) is 12.3. The molecule has 0 amide bonds. The van der Waals surface area contributed by atoms with E-state index in [-0.39, 0.29) is 11.7 Å². The lowest BCUT2D eigenvalue weighted by Crippen LogP contribution is -2.19. The van der Waals surface area contributed by atoms with Crippen molar-refractivity contribution in [2.45, 2.75) is 39.2 Å². The van der Waals surface area contributed by atoms with Crippen LogP contribution in [0.25, 0.3) is 10.9 Å². The second-order valence-electron chi connectivity index (χ2n) is 4.93. The molecule has 1 aromatic carbocycles. The summed E-state index contributed by atoms with van der Waals surface area (Å²) in [4.78, 5) is 11.3. The molecule has 1 aromatic heterocycles. The van der Waals surface area contributed by atoms with Gasteiger partial charge in [-0.15, -0.1) is 10.2 Å². The van der Waals surface area contributed by atoms with Gasteiger partial charge in [-0.05, 0) is 19.4 Å². The van der Waals surface area contributed by atoms with Crippen LogP contribution in [0.1, 0.15) is 43.6 Å². The maximum absolute atomic E-state index is 11.3. The Hall–Kier alpha value is -2.17. The second-order valence-corrected chi connectivity index (χ2v) is 4.93. The van der Waals surface area contributed by atoms with Crippen LogP contribution in [0.5, 0.6) is 0 Å². The van der Waals surface area contributed by atoms with Crippen LogP contribution in [-0.4, -0.2) is 27.3 Å². The number of carboxylic acids is 1. The molecule has 20 heavy (non-hydrogen) atoms. The summed E-state index contributed by atoms with van der Waals surface area (Å²) >= 11 is 0. The van der Waals surface area contributed by atoms with Crippen molar-refractivity contribution in [1.82, 2.24) is 10.2 Å². The van der Waals surface area contributed by atoms with E-state index in [1.54, 1.807) is 0 Å². The highest BCUT2D eigenvalue weighted by Gasteiger charge is 2.17. The van der Waals surface area contributed by atoms with Gasteiger partial charge in [0.1, 0.15) is 0 Å². The van der Waals surface area contributed by atoms with E-state index < -0.39 is 5.97 Å². The molecule has 1 heterocycles. The molecule has 0 saturated carbocycles. The Kier molecular flexibility index (Phi) is 4.50. The third-order valence-corrected chi connectivity index (χ3v) is 3.25. The zero-order valence-corrected chi connectivity index (χ0v) is 11.8. The number of anilines is 1. The van der Waals surface area contributed by atoms with Crippen LogP contribution in [0.2, 0.25) is 0 Å². The van der Waals surface area contributed by atoms with Gasteiger partial charge in [0.25, 0.3) is 0 Å². The average molecular weight is 273 g/mol. The van der Waals surface area contributed by atoms with Crippen molar-refractivity contribution in [1.29, 1.82) is 0 Å². The summed E-state index contributed by atoms with van der Waals surface area (Å²) in [5, 5.41) is 21.1. The summed E-state index contributed by atoms with van der Waals surface area (Å²) < 4.78 is 0. The molecule has 2 rings (SSSR count). The van der Waals surface area contributed by atoms with Crippen LogP contribution in [0.3, 0.4) is 0 Å². The molecule has 0 spiro atoms. The Morgan fingerprint density at radius 1 is 1.35 bits per heavy atom. The molecule has 2 N–H and O–H groups in total. The van der Waals surface area contributed by atoms with E-state index in [2.05, 4.69) is 29.4 Å². The van der Waals surface area contributed by atoms with Crippen LogP contribution in [0, 0.1) is 0 Å². The molecule has 0 radical (unpaired) electrons. The zero-order valence-electron chi connectivity index (χ0n) is 11.8. The summed E-state index contributed by atoms with van der Waals surface area (Å²) in [5.41, 5.74) is 1.24. The van der Waals surface area contributed by atoms with Gasteiger partial charge in [-0.2, -0.15) is 0 Å². The first-order chi connectivity index (χ1) is 9.63. The average Bonchev–Trinajstić information content (AvgIpc) is 2.45. The monoisotopic (exact) mass is 273 g/mol. The molecule has 0 aliphatic carbocycles. The molecule has 5 heteroatoms.